The van der Waals surface area contributed by atoms with E-state index in [4.69, 9.17) is 0 Å². The predicted octanol–water partition coefficient (Wildman–Crippen LogP) is 3.53. The second kappa shape index (κ2) is 3.56. The van der Waals surface area contributed by atoms with Crippen molar-refractivity contribution in [2.45, 2.75) is 24.6 Å². The highest BCUT2D eigenvalue weighted by molar-refractivity contribution is 9.10. The van der Waals surface area contributed by atoms with E-state index >= 15 is 0 Å². The Bertz CT molecular complexity index is 281. The summed E-state index contributed by atoms with van der Waals surface area (Å²) in [7, 11) is 0. The van der Waals surface area contributed by atoms with E-state index in [-0.39, 0.29) is 15.7 Å². The molecule has 2 fully saturated rings. The Balaban J connectivity index is 2.50. The molecular weight excluding hydrogens is 376 g/mol. The number of alkyl halides is 3. The van der Waals surface area contributed by atoms with Gasteiger partial charge in [-0.05, 0) is 24.2 Å². The van der Waals surface area contributed by atoms with Gasteiger partial charge in [0.1, 0.15) is 0 Å². The summed E-state index contributed by atoms with van der Waals surface area (Å²) in [6, 6.07) is 0. The molecular formula is C10H13Br3O. The number of carbonyl (C=O) groups excluding carboxylic acids is 1. The van der Waals surface area contributed by atoms with Crippen LogP contribution in [0.4, 0.5) is 0 Å². The summed E-state index contributed by atoms with van der Waals surface area (Å²) in [5, 5.41) is 1.73. The van der Waals surface area contributed by atoms with Crippen molar-refractivity contribution in [2.75, 3.05) is 10.7 Å². The summed E-state index contributed by atoms with van der Waals surface area (Å²) in [5.74, 6) is 0.916. The lowest BCUT2D eigenvalue weighted by atomic mass is 9.70. The molecule has 2 rings (SSSR count). The van der Waals surface area contributed by atoms with Crippen LogP contribution < -0.4 is 0 Å². The number of halogens is 3. The second-order valence-corrected chi connectivity index (χ2v) is 6.79. The van der Waals surface area contributed by atoms with Crippen molar-refractivity contribution < 1.29 is 4.79 Å². The SMILES string of the molecule is C[C@@]1(CBr)[C@H]2CC[C@@]1(CBr)C(=O)[C@H]2Br. The van der Waals surface area contributed by atoms with Crippen LogP contribution in [-0.4, -0.2) is 21.3 Å². The molecule has 0 aromatic heterocycles. The summed E-state index contributed by atoms with van der Waals surface area (Å²) in [6.07, 6.45) is 2.22. The third-order valence-corrected chi connectivity index (χ3v) is 7.55. The molecule has 80 valence electrons. The Labute approximate surface area is 110 Å². The maximum atomic E-state index is 12.2. The molecule has 0 unspecified atom stereocenters. The van der Waals surface area contributed by atoms with E-state index in [0.717, 1.165) is 17.1 Å². The second-order valence-electron chi connectivity index (χ2n) is 4.68. The molecule has 0 aromatic carbocycles. The van der Waals surface area contributed by atoms with Gasteiger partial charge in [0.25, 0.3) is 0 Å². The Kier molecular flexibility index (Phi) is 2.95. The Hall–Kier alpha value is 1.11. The lowest BCUT2D eigenvalue weighted by Gasteiger charge is -2.36. The molecule has 0 N–H and O–H groups in total. The van der Waals surface area contributed by atoms with Crippen molar-refractivity contribution >= 4 is 53.6 Å². The van der Waals surface area contributed by atoms with Gasteiger partial charge < -0.3 is 0 Å². The van der Waals surface area contributed by atoms with Gasteiger partial charge in [-0.25, -0.2) is 0 Å². The van der Waals surface area contributed by atoms with Gasteiger partial charge in [-0.3, -0.25) is 4.79 Å². The topological polar surface area (TPSA) is 17.1 Å². The predicted molar refractivity (Wildman–Crippen MR) is 68.6 cm³/mol. The number of hydrogen-bond acceptors (Lipinski definition) is 1. The van der Waals surface area contributed by atoms with Crippen molar-refractivity contribution in [2.24, 2.45) is 16.7 Å². The van der Waals surface area contributed by atoms with Gasteiger partial charge >= 0.3 is 0 Å². The fourth-order valence-electron chi connectivity index (χ4n) is 3.19. The largest absolute Gasteiger partial charge is 0.298 e. The third-order valence-electron chi connectivity index (χ3n) is 4.37. The summed E-state index contributed by atoms with van der Waals surface area (Å²) in [5.41, 5.74) is -0.00289. The van der Waals surface area contributed by atoms with Crippen molar-refractivity contribution in [1.29, 1.82) is 0 Å². The van der Waals surface area contributed by atoms with Crippen molar-refractivity contribution in [3.8, 4) is 0 Å². The van der Waals surface area contributed by atoms with Crippen molar-refractivity contribution in [3.63, 3.8) is 0 Å². The van der Waals surface area contributed by atoms with Crippen LogP contribution in [0.5, 0.6) is 0 Å². The highest BCUT2D eigenvalue weighted by Gasteiger charge is 2.68. The normalized spacial score (nSPS) is 51.6. The Morgan fingerprint density at radius 3 is 2.50 bits per heavy atom. The van der Waals surface area contributed by atoms with E-state index in [0.29, 0.717) is 11.7 Å². The first-order chi connectivity index (χ1) is 6.53. The van der Waals surface area contributed by atoms with Crippen LogP contribution in [0.15, 0.2) is 0 Å². The molecule has 2 bridgehead atoms. The maximum Gasteiger partial charge on any atom is 0.154 e. The van der Waals surface area contributed by atoms with Gasteiger partial charge in [-0.15, -0.1) is 0 Å². The first-order valence-corrected chi connectivity index (χ1v) is 8.00. The minimum Gasteiger partial charge on any atom is -0.298 e. The highest BCUT2D eigenvalue weighted by atomic mass is 79.9. The fourth-order valence-corrected chi connectivity index (χ4v) is 6.63. The zero-order chi connectivity index (χ0) is 10.6. The van der Waals surface area contributed by atoms with Gasteiger partial charge in [-0.1, -0.05) is 54.7 Å². The molecule has 0 amide bonds. The van der Waals surface area contributed by atoms with Crippen LogP contribution in [0.25, 0.3) is 0 Å². The van der Waals surface area contributed by atoms with Gasteiger partial charge in [0.2, 0.25) is 0 Å². The highest BCUT2D eigenvalue weighted by Crippen LogP contribution is 2.66. The molecule has 0 spiro atoms. The fraction of sp³-hybridized carbons (Fsp3) is 0.900. The van der Waals surface area contributed by atoms with Crippen LogP contribution in [0.3, 0.4) is 0 Å². The summed E-state index contributed by atoms with van der Waals surface area (Å²) in [4.78, 5) is 12.3. The van der Waals surface area contributed by atoms with Crippen LogP contribution in [0.2, 0.25) is 0 Å². The smallest absolute Gasteiger partial charge is 0.154 e. The number of rotatable bonds is 2. The van der Waals surface area contributed by atoms with Crippen LogP contribution in [0.1, 0.15) is 19.8 Å². The lowest BCUT2D eigenvalue weighted by Crippen LogP contribution is -2.41. The Morgan fingerprint density at radius 2 is 2.07 bits per heavy atom. The number of Topliss-reactive ketones (excluding diaryl/α,β-unsaturated/α-hetero) is 1. The van der Waals surface area contributed by atoms with Gasteiger partial charge in [0, 0.05) is 16.1 Å². The zero-order valence-electron chi connectivity index (χ0n) is 8.03. The molecule has 0 heterocycles. The first kappa shape index (κ1) is 11.6. The van der Waals surface area contributed by atoms with E-state index in [1.807, 2.05) is 0 Å². The quantitative estimate of drug-likeness (QED) is 0.661. The minimum atomic E-state index is -0.130. The first-order valence-electron chi connectivity index (χ1n) is 4.84. The van der Waals surface area contributed by atoms with Crippen LogP contribution in [-0.2, 0) is 4.79 Å². The summed E-state index contributed by atoms with van der Waals surface area (Å²) >= 11 is 10.7. The number of ketones is 1. The third kappa shape index (κ3) is 1.08. The van der Waals surface area contributed by atoms with E-state index in [1.165, 1.54) is 6.42 Å². The van der Waals surface area contributed by atoms with E-state index in [9.17, 15) is 4.79 Å². The van der Waals surface area contributed by atoms with Gasteiger partial charge in [0.05, 0.1) is 4.83 Å². The maximum absolute atomic E-state index is 12.2. The van der Waals surface area contributed by atoms with E-state index in [2.05, 4.69) is 54.7 Å². The molecule has 2 aliphatic carbocycles. The molecule has 1 nitrogen and oxygen atoms in total. The zero-order valence-corrected chi connectivity index (χ0v) is 12.8. The molecule has 0 aliphatic heterocycles. The molecule has 2 saturated carbocycles. The molecule has 2 aliphatic rings. The molecule has 4 atom stereocenters. The monoisotopic (exact) mass is 386 g/mol. The van der Waals surface area contributed by atoms with Crippen molar-refractivity contribution in [1.82, 2.24) is 0 Å². The molecule has 0 saturated heterocycles. The number of carbonyl (C=O) groups is 1. The Morgan fingerprint density at radius 1 is 1.43 bits per heavy atom. The van der Waals surface area contributed by atoms with Gasteiger partial charge in [0.15, 0.2) is 5.78 Å². The molecule has 0 aromatic rings. The summed E-state index contributed by atoms with van der Waals surface area (Å²) < 4.78 is 0. The standard InChI is InChI=1S/C10H13Br3O/c1-9(4-11)6-2-3-10(9,5-12)8(14)7(6)13/h6-7H,2-5H2,1H3/t6-,7-,9+,10+/m0/s1. The van der Waals surface area contributed by atoms with Crippen molar-refractivity contribution in [3.05, 3.63) is 0 Å². The van der Waals surface area contributed by atoms with Crippen LogP contribution in [0, 0.1) is 16.7 Å². The van der Waals surface area contributed by atoms with Gasteiger partial charge in [-0.2, -0.15) is 0 Å². The molecule has 4 heteroatoms. The molecule has 14 heavy (non-hydrogen) atoms. The minimum absolute atomic E-state index is 0.0800. The number of fused-ring (bicyclic) bond motifs is 2. The van der Waals surface area contributed by atoms with Crippen LogP contribution >= 0.6 is 47.8 Å². The molecule has 0 radical (unpaired) electrons. The van der Waals surface area contributed by atoms with E-state index in [1.54, 1.807) is 0 Å². The average molecular weight is 389 g/mol. The number of hydrogen-bond donors (Lipinski definition) is 0. The average Bonchev–Trinajstić information content (AvgIpc) is 2.57. The lowest BCUT2D eigenvalue weighted by molar-refractivity contribution is -0.127. The summed E-state index contributed by atoms with van der Waals surface area (Å²) in [6.45, 7) is 2.25. The van der Waals surface area contributed by atoms with E-state index < -0.39 is 0 Å².